The van der Waals surface area contributed by atoms with Crippen molar-refractivity contribution in [2.45, 2.75) is 26.4 Å². The number of hydrogen-bond donors (Lipinski definition) is 0. The van der Waals surface area contributed by atoms with Gasteiger partial charge >= 0.3 is 5.97 Å². The van der Waals surface area contributed by atoms with E-state index in [2.05, 4.69) is 60.7 Å². The van der Waals surface area contributed by atoms with Crippen LogP contribution in [0.15, 0.2) is 83.7 Å². The van der Waals surface area contributed by atoms with Crippen LogP contribution in [-0.2, 0) is 9.53 Å². The lowest BCUT2D eigenvalue weighted by Crippen LogP contribution is -2.18. The van der Waals surface area contributed by atoms with Gasteiger partial charge in [0.05, 0.1) is 0 Å². The lowest BCUT2D eigenvalue weighted by molar-refractivity contribution is -0.143. The molecular formula is C21H21O2P. The van der Waals surface area contributed by atoms with Crippen LogP contribution in [0.3, 0.4) is 0 Å². The van der Waals surface area contributed by atoms with Crippen molar-refractivity contribution in [3.8, 4) is 0 Å². The zero-order valence-corrected chi connectivity index (χ0v) is 14.9. The Kier molecular flexibility index (Phi) is 5.27. The monoisotopic (exact) mass is 336 g/mol. The zero-order chi connectivity index (χ0) is 16.9. The Morgan fingerprint density at radius 1 is 1.00 bits per heavy atom. The van der Waals surface area contributed by atoms with Gasteiger partial charge in [-0.2, -0.15) is 0 Å². The summed E-state index contributed by atoms with van der Waals surface area (Å²) in [5.74, 6) is -0.231. The summed E-state index contributed by atoms with van der Waals surface area (Å²) >= 11 is 0. The van der Waals surface area contributed by atoms with Gasteiger partial charge in [0.15, 0.2) is 0 Å². The number of esters is 1. The normalized spacial score (nSPS) is 15.0. The molecule has 0 amide bonds. The molecule has 0 aromatic heterocycles. The van der Waals surface area contributed by atoms with E-state index in [1.807, 2.05) is 19.1 Å². The third-order valence-electron chi connectivity index (χ3n) is 4.05. The van der Waals surface area contributed by atoms with Gasteiger partial charge < -0.3 is 4.74 Å². The Balaban J connectivity index is 2.08. The minimum absolute atomic E-state index is 0.190. The molecule has 0 aliphatic heterocycles. The maximum absolute atomic E-state index is 11.4. The fourth-order valence-corrected chi connectivity index (χ4v) is 5.61. The molecule has 1 atom stereocenters. The van der Waals surface area contributed by atoms with Crippen LogP contribution in [0.5, 0.6) is 0 Å². The number of rotatable bonds is 5. The van der Waals surface area contributed by atoms with Crippen LogP contribution in [0, 0.1) is 0 Å². The maximum atomic E-state index is 11.4. The van der Waals surface area contributed by atoms with Crippen LogP contribution in [0.1, 0.15) is 20.3 Å². The Bertz CT molecular complexity index is 723. The summed E-state index contributed by atoms with van der Waals surface area (Å²) in [7, 11) is -0.647. The first kappa shape index (κ1) is 16.7. The Morgan fingerprint density at radius 3 is 2.04 bits per heavy atom. The van der Waals surface area contributed by atoms with Gasteiger partial charge in [-0.05, 0) is 42.8 Å². The highest BCUT2D eigenvalue weighted by atomic mass is 31.1. The van der Waals surface area contributed by atoms with Crippen LogP contribution in [0.4, 0.5) is 0 Å². The Labute approximate surface area is 144 Å². The first-order valence-electron chi connectivity index (χ1n) is 8.14. The maximum Gasteiger partial charge on any atom is 0.303 e. The molecule has 1 aliphatic carbocycles. The van der Waals surface area contributed by atoms with Gasteiger partial charge in [0, 0.05) is 6.92 Å². The van der Waals surface area contributed by atoms with Gasteiger partial charge in [-0.1, -0.05) is 72.8 Å². The minimum atomic E-state index is -0.647. The number of allylic oxidation sites excluding steroid dienone is 3. The molecule has 0 heterocycles. The molecule has 0 spiro atoms. The van der Waals surface area contributed by atoms with E-state index in [0.717, 1.165) is 6.42 Å². The van der Waals surface area contributed by atoms with Gasteiger partial charge in [0.25, 0.3) is 0 Å². The Morgan fingerprint density at radius 2 is 1.54 bits per heavy atom. The van der Waals surface area contributed by atoms with Gasteiger partial charge in [0.1, 0.15) is 6.10 Å². The van der Waals surface area contributed by atoms with Crippen molar-refractivity contribution < 1.29 is 9.53 Å². The molecule has 3 heteroatoms. The molecule has 3 rings (SSSR count). The predicted molar refractivity (Wildman–Crippen MR) is 101 cm³/mol. The summed E-state index contributed by atoms with van der Waals surface area (Å²) < 4.78 is 5.46. The number of carbonyl (C=O) groups is 1. The molecule has 0 saturated carbocycles. The van der Waals surface area contributed by atoms with Crippen LogP contribution < -0.4 is 10.6 Å². The van der Waals surface area contributed by atoms with Crippen molar-refractivity contribution in [2.24, 2.45) is 0 Å². The van der Waals surface area contributed by atoms with E-state index in [-0.39, 0.29) is 12.1 Å². The SMILES string of the molecule is CC(=O)O[C@H](C)C1=C(P(c2ccccc2)c2ccccc2)C=CC1. The third kappa shape index (κ3) is 3.66. The highest BCUT2D eigenvalue weighted by Crippen LogP contribution is 2.48. The molecule has 1 aliphatic rings. The summed E-state index contributed by atoms with van der Waals surface area (Å²) in [6.45, 7) is 3.43. The van der Waals surface area contributed by atoms with Gasteiger partial charge in [-0.25, -0.2) is 0 Å². The number of benzene rings is 2. The molecule has 0 saturated heterocycles. The first-order chi connectivity index (χ1) is 11.7. The summed E-state index contributed by atoms with van der Waals surface area (Å²) in [6.07, 6.45) is 5.04. The lowest BCUT2D eigenvalue weighted by Gasteiger charge is -2.23. The second-order valence-electron chi connectivity index (χ2n) is 5.78. The molecule has 0 bridgehead atoms. The fraction of sp³-hybridized carbons (Fsp3) is 0.190. The predicted octanol–water partition coefficient (Wildman–Crippen LogP) is 4.28. The van der Waals surface area contributed by atoms with Crippen molar-refractivity contribution in [2.75, 3.05) is 0 Å². The molecule has 2 nitrogen and oxygen atoms in total. The van der Waals surface area contributed by atoms with E-state index in [0.29, 0.717) is 0 Å². The molecule has 0 unspecified atom stereocenters. The number of carbonyl (C=O) groups excluding carboxylic acids is 1. The van der Waals surface area contributed by atoms with Crippen LogP contribution in [0.2, 0.25) is 0 Å². The van der Waals surface area contributed by atoms with Gasteiger partial charge in [0.2, 0.25) is 0 Å². The molecule has 122 valence electrons. The highest BCUT2D eigenvalue weighted by molar-refractivity contribution is 7.77. The average molecular weight is 336 g/mol. The van der Waals surface area contributed by atoms with Gasteiger partial charge in [-0.15, -0.1) is 0 Å². The molecule has 0 radical (unpaired) electrons. The summed E-state index contributed by atoms with van der Waals surface area (Å²) in [6, 6.07) is 21.2. The lowest BCUT2D eigenvalue weighted by atomic mass is 10.1. The highest BCUT2D eigenvalue weighted by Gasteiger charge is 2.26. The Hall–Kier alpha value is -2.18. The largest absolute Gasteiger partial charge is 0.458 e. The topological polar surface area (TPSA) is 26.3 Å². The van der Waals surface area contributed by atoms with E-state index in [1.54, 1.807) is 0 Å². The van der Waals surface area contributed by atoms with Crippen molar-refractivity contribution in [3.63, 3.8) is 0 Å². The third-order valence-corrected chi connectivity index (χ3v) is 6.59. The molecular weight excluding hydrogens is 315 g/mol. The molecule has 0 N–H and O–H groups in total. The van der Waals surface area contributed by atoms with Crippen LogP contribution in [0.25, 0.3) is 0 Å². The number of ether oxygens (including phenoxy) is 1. The quantitative estimate of drug-likeness (QED) is 0.602. The van der Waals surface area contributed by atoms with Crippen molar-refractivity contribution in [1.29, 1.82) is 0 Å². The molecule has 24 heavy (non-hydrogen) atoms. The summed E-state index contributed by atoms with van der Waals surface area (Å²) in [5.41, 5.74) is 1.21. The van der Waals surface area contributed by atoms with Crippen LogP contribution in [-0.4, -0.2) is 12.1 Å². The van der Waals surface area contributed by atoms with Crippen molar-refractivity contribution in [1.82, 2.24) is 0 Å². The molecule has 0 fully saturated rings. The summed E-state index contributed by atoms with van der Waals surface area (Å²) in [4.78, 5) is 11.4. The second kappa shape index (κ2) is 7.59. The smallest absolute Gasteiger partial charge is 0.303 e. The van der Waals surface area contributed by atoms with E-state index in [4.69, 9.17) is 4.74 Å². The standard InChI is InChI=1S/C21H21O2P/c1-16(23-17(2)22)20-14-9-15-21(20)24(18-10-5-3-6-11-18)19-12-7-4-8-13-19/h3-13,15-16H,14H2,1-2H3/t16-/m1/s1. The van der Waals surface area contributed by atoms with Gasteiger partial charge in [-0.3, -0.25) is 4.79 Å². The van der Waals surface area contributed by atoms with Crippen molar-refractivity contribution >= 4 is 24.5 Å². The summed E-state index contributed by atoms with van der Waals surface area (Å²) in [5, 5.41) is 3.93. The average Bonchev–Trinajstić information content (AvgIpc) is 3.06. The van der Waals surface area contributed by atoms with E-state index in [1.165, 1.54) is 28.4 Å². The number of hydrogen-bond acceptors (Lipinski definition) is 2. The first-order valence-corrected chi connectivity index (χ1v) is 9.48. The molecule has 2 aromatic rings. The van der Waals surface area contributed by atoms with E-state index in [9.17, 15) is 4.79 Å². The fourth-order valence-electron chi connectivity index (χ4n) is 3.00. The second-order valence-corrected chi connectivity index (χ2v) is 7.96. The van der Waals surface area contributed by atoms with Crippen molar-refractivity contribution in [3.05, 3.63) is 83.7 Å². The van der Waals surface area contributed by atoms with Crippen LogP contribution >= 0.6 is 7.92 Å². The molecule has 2 aromatic carbocycles. The zero-order valence-electron chi connectivity index (χ0n) is 14.0. The van der Waals surface area contributed by atoms with E-state index >= 15 is 0 Å². The minimum Gasteiger partial charge on any atom is -0.458 e. The van der Waals surface area contributed by atoms with E-state index < -0.39 is 7.92 Å².